The number of halogens is 1. The third kappa shape index (κ3) is 2.73. The Bertz CT molecular complexity index is 433. The van der Waals surface area contributed by atoms with Crippen molar-refractivity contribution in [2.75, 3.05) is 37.8 Å². The van der Waals surface area contributed by atoms with Crippen LogP contribution in [0.1, 0.15) is 18.4 Å². The zero-order chi connectivity index (χ0) is 13.3. The van der Waals surface area contributed by atoms with Crippen LogP contribution in [0, 0.1) is 6.92 Å². The molecule has 2 rings (SSSR count). The maximum Gasteiger partial charge on any atom is 0.0656 e. The highest BCUT2D eigenvalue weighted by atomic mass is 35.5. The minimum Gasteiger partial charge on any atom is -0.398 e. The number of nitrogens with two attached hydrogens (primary N) is 1. The largest absolute Gasteiger partial charge is 0.398 e. The SMILES string of the molecule is Cc1cc(N)c(Cl)cc1N(C)CC1CCCN1C. The van der Waals surface area contributed by atoms with Crippen molar-refractivity contribution in [2.45, 2.75) is 25.8 Å². The van der Waals surface area contributed by atoms with Gasteiger partial charge in [-0.3, -0.25) is 0 Å². The van der Waals surface area contributed by atoms with Crippen molar-refractivity contribution < 1.29 is 0 Å². The average Bonchev–Trinajstić information content (AvgIpc) is 2.69. The van der Waals surface area contributed by atoms with E-state index in [1.165, 1.54) is 30.6 Å². The fraction of sp³-hybridized carbons (Fsp3) is 0.571. The topological polar surface area (TPSA) is 32.5 Å². The molecule has 1 aliphatic heterocycles. The van der Waals surface area contributed by atoms with Gasteiger partial charge in [0.05, 0.1) is 10.7 Å². The molecule has 0 amide bonds. The molecule has 1 heterocycles. The lowest BCUT2D eigenvalue weighted by Gasteiger charge is -2.28. The number of nitrogens with zero attached hydrogens (tertiary/aromatic N) is 2. The minimum atomic E-state index is 0.641. The van der Waals surface area contributed by atoms with E-state index in [0.717, 1.165) is 6.54 Å². The second kappa shape index (κ2) is 5.37. The molecule has 0 saturated carbocycles. The maximum atomic E-state index is 6.11. The van der Waals surface area contributed by atoms with Crippen LogP contribution in [-0.4, -0.2) is 38.1 Å². The second-order valence-electron chi connectivity index (χ2n) is 5.32. The molecule has 0 aliphatic carbocycles. The molecule has 4 heteroatoms. The Labute approximate surface area is 115 Å². The summed E-state index contributed by atoms with van der Waals surface area (Å²) in [6, 6.07) is 4.57. The van der Waals surface area contributed by atoms with Gasteiger partial charge in [-0.1, -0.05) is 11.6 Å². The summed E-state index contributed by atoms with van der Waals surface area (Å²) in [5.41, 5.74) is 8.83. The molecule has 3 nitrogen and oxygen atoms in total. The number of likely N-dealkylation sites (N-methyl/N-ethyl adjacent to an activating group) is 2. The van der Waals surface area contributed by atoms with Crippen LogP contribution in [0.4, 0.5) is 11.4 Å². The predicted molar refractivity (Wildman–Crippen MR) is 79.5 cm³/mol. The molecule has 1 aliphatic rings. The second-order valence-corrected chi connectivity index (χ2v) is 5.72. The van der Waals surface area contributed by atoms with Gasteiger partial charge >= 0.3 is 0 Å². The Morgan fingerprint density at radius 3 is 2.83 bits per heavy atom. The molecule has 18 heavy (non-hydrogen) atoms. The number of hydrogen-bond donors (Lipinski definition) is 1. The molecule has 0 spiro atoms. The quantitative estimate of drug-likeness (QED) is 0.855. The van der Waals surface area contributed by atoms with Crippen molar-refractivity contribution in [3.63, 3.8) is 0 Å². The van der Waals surface area contributed by atoms with Crippen LogP contribution in [0.2, 0.25) is 5.02 Å². The summed E-state index contributed by atoms with van der Waals surface area (Å²) >= 11 is 6.11. The number of anilines is 2. The van der Waals surface area contributed by atoms with E-state index < -0.39 is 0 Å². The highest BCUT2D eigenvalue weighted by Gasteiger charge is 2.22. The van der Waals surface area contributed by atoms with E-state index in [1.807, 2.05) is 12.1 Å². The number of benzene rings is 1. The summed E-state index contributed by atoms with van der Waals surface area (Å²) in [7, 11) is 4.33. The van der Waals surface area contributed by atoms with Crippen molar-refractivity contribution in [3.05, 3.63) is 22.7 Å². The molecule has 1 fully saturated rings. The minimum absolute atomic E-state index is 0.641. The molecule has 0 aromatic heterocycles. The molecular weight excluding hydrogens is 246 g/mol. The monoisotopic (exact) mass is 267 g/mol. The molecule has 100 valence electrons. The van der Waals surface area contributed by atoms with Crippen LogP contribution in [-0.2, 0) is 0 Å². The molecule has 1 aromatic carbocycles. The summed E-state index contributed by atoms with van der Waals surface area (Å²) in [4.78, 5) is 4.72. The Morgan fingerprint density at radius 2 is 2.22 bits per heavy atom. The molecule has 1 saturated heterocycles. The summed E-state index contributed by atoms with van der Waals surface area (Å²) in [5, 5.41) is 0.641. The van der Waals surface area contributed by atoms with Gasteiger partial charge in [-0.05, 0) is 51.1 Å². The fourth-order valence-electron chi connectivity index (χ4n) is 2.73. The van der Waals surface area contributed by atoms with E-state index in [9.17, 15) is 0 Å². The van der Waals surface area contributed by atoms with Crippen molar-refractivity contribution in [2.24, 2.45) is 0 Å². The number of hydrogen-bond acceptors (Lipinski definition) is 3. The van der Waals surface area contributed by atoms with Gasteiger partial charge in [-0.25, -0.2) is 0 Å². The Hall–Kier alpha value is -0.930. The number of rotatable bonds is 3. The lowest BCUT2D eigenvalue weighted by Crippen LogP contribution is -2.36. The smallest absolute Gasteiger partial charge is 0.0656 e. The van der Waals surface area contributed by atoms with Crippen LogP contribution in [0.25, 0.3) is 0 Å². The first kappa shape index (κ1) is 13.5. The normalized spacial score (nSPS) is 20.3. The van der Waals surface area contributed by atoms with Gasteiger partial charge in [0.1, 0.15) is 0 Å². The molecule has 0 bridgehead atoms. The molecule has 1 aromatic rings. The van der Waals surface area contributed by atoms with Gasteiger partial charge in [0, 0.05) is 25.3 Å². The van der Waals surface area contributed by atoms with E-state index in [1.54, 1.807) is 0 Å². The summed E-state index contributed by atoms with van der Waals surface area (Å²) in [5.74, 6) is 0. The van der Waals surface area contributed by atoms with E-state index in [0.29, 0.717) is 16.8 Å². The zero-order valence-corrected chi connectivity index (χ0v) is 12.2. The third-order valence-electron chi connectivity index (χ3n) is 3.88. The number of likely N-dealkylation sites (tertiary alicyclic amines) is 1. The highest BCUT2D eigenvalue weighted by Crippen LogP contribution is 2.29. The average molecular weight is 268 g/mol. The number of nitrogen functional groups attached to an aromatic ring is 1. The highest BCUT2D eigenvalue weighted by molar-refractivity contribution is 6.33. The van der Waals surface area contributed by atoms with Gasteiger partial charge in [0.15, 0.2) is 0 Å². The van der Waals surface area contributed by atoms with Crippen molar-refractivity contribution in [3.8, 4) is 0 Å². The number of aryl methyl sites for hydroxylation is 1. The van der Waals surface area contributed by atoms with E-state index in [4.69, 9.17) is 17.3 Å². The van der Waals surface area contributed by atoms with Crippen LogP contribution in [0.5, 0.6) is 0 Å². The lowest BCUT2D eigenvalue weighted by atomic mass is 10.1. The summed E-state index contributed by atoms with van der Waals surface area (Å²) < 4.78 is 0. The van der Waals surface area contributed by atoms with Gasteiger partial charge in [-0.2, -0.15) is 0 Å². The van der Waals surface area contributed by atoms with Gasteiger partial charge in [0.25, 0.3) is 0 Å². The molecule has 1 unspecified atom stereocenters. The standard InChI is InChI=1S/C14H22ClN3/c1-10-7-13(16)12(15)8-14(10)18(3)9-11-5-4-6-17(11)2/h7-8,11H,4-6,9,16H2,1-3H3. The van der Waals surface area contributed by atoms with Crippen LogP contribution in [0.3, 0.4) is 0 Å². The Balaban J connectivity index is 2.13. The van der Waals surface area contributed by atoms with Crippen LogP contribution >= 0.6 is 11.6 Å². The fourth-order valence-corrected chi connectivity index (χ4v) is 2.89. The Kier molecular flexibility index (Phi) is 4.03. The van der Waals surface area contributed by atoms with Gasteiger partial charge < -0.3 is 15.5 Å². The predicted octanol–water partition coefficient (Wildman–Crippen LogP) is 2.76. The maximum absolute atomic E-state index is 6.11. The molecule has 1 atom stereocenters. The van der Waals surface area contributed by atoms with Crippen molar-refractivity contribution in [1.82, 2.24) is 4.90 Å². The summed E-state index contributed by atoms with van der Waals surface area (Å²) in [6.07, 6.45) is 2.58. The van der Waals surface area contributed by atoms with Gasteiger partial charge in [0.2, 0.25) is 0 Å². The Morgan fingerprint density at radius 1 is 1.50 bits per heavy atom. The van der Waals surface area contributed by atoms with Crippen LogP contribution < -0.4 is 10.6 Å². The van der Waals surface area contributed by atoms with E-state index in [-0.39, 0.29) is 0 Å². The van der Waals surface area contributed by atoms with Crippen LogP contribution in [0.15, 0.2) is 12.1 Å². The van der Waals surface area contributed by atoms with E-state index in [2.05, 4.69) is 30.8 Å². The summed E-state index contributed by atoms with van der Waals surface area (Å²) in [6.45, 7) is 4.33. The van der Waals surface area contributed by atoms with Crippen molar-refractivity contribution >= 4 is 23.0 Å². The first-order chi connectivity index (χ1) is 8.49. The third-order valence-corrected chi connectivity index (χ3v) is 4.21. The van der Waals surface area contributed by atoms with Crippen molar-refractivity contribution in [1.29, 1.82) is 0 Å². The van der Waals surface area contributed by atoms with E-state index >= 15 is 0 Å². The molecule has 2 N–H and O–H groups in total. The first-order valence-corrected chi connectivity index (χ1v) is 6.84. The lowest BCUT2D eigenvalue weighted by molar-refractivity contribution is 0.314. The molecule has 0 radical (unpaired) electrons. The van der Waals surface area contributed by atoms with Gasteiger partial charge in [-0.15, -0.1) is 0 Å². The zero-order valence-electron chi connectivity index (χ0n) is 11.4. The first-order valence-electron chi connectivity index (χ1n) is 6.46. The molecular formula is C14H22ClN3.